The summed E-state index contributed by atoms with van der Waals surface area (Å²) in [5.41, 5.74) is 1.20. The van der Waals surface area contributed by atoms with Crippen molar-refractivity contribution in [2.45, 2.75) is 18.6 Å². The Bertz CT molecular complexity index is 648. The van der Waals surface area contributed by atoms with Crippen molar-refractivity contribution in [3.05, 3.63) is 52.2 Å². The van der Waals surface area contributed by atoms with Crippen LogP contribution in [0, 0.1) is 0 Å². The van der Waals surface area contributed by atoms with Crippen LogP contribution in [-0.4, -0.2) is 44.2 Å². The molecule has 0 aliphatic carbocycles. The average Bonchev–Trinajstić information content (AvgIpc) is 3.22. The van der Waals surface area contributed by atoms with Gasteiger partial charge in [0.25, 0.3) is 0 Å². The first-order chi connectivity index (χ1) is 11.6. The van der Waals surface area contributed by atoms with Gasteiger partial charge in [-0.1, -0.05) is 24.3 Å². The van der Waals surface area contributed by atoms with Gasteiger partial charge in [-0.25, -0.2) is 4.79 Å². The normalized spacial score (nSPS) is 17.2. The van der Waals surface area contributed by atoms with Gasteiger partial charge in [-0.3, -0.25) is 0 Å². The number of hydrogen-bond donors (Lipinski definition) is 2. The minimum atomic E-state index is -0.155. The molecule has 1 aliphatic heterocycles. The number of rotatable bonds is 6. The van der Waals surface area contributed by atoms with E-state index in [2.05, 4.69) is 33.0 Å². The van der Waals surface area contributed by atoms with Crippen LogP contribution in [0.25, 0.3) is 0 Å². The molecule has 3 rings (SSSR count). The highest BCUT2D eigenvalue weighted by Crippen LogP contribution is 2.27. The third kappa shape index (κ3) is 4.07. The predicted octanol–water partition coefficient (Wildman–Crippen LogP) is 2.65. The van der Waals surface area contributed by atoms with Gasteiger partial charge in [-0.2, -0.15) is 0 Å². The van der Waals surface area contributed by atoms with E-state index in [-0.39, 0.29) is 18.2 Å². The molecule has 0 spiro atoms. The lowest BCUT2D eigenvalue weighted by atomic mass is 10.1. The second-order valence-electron chi connectivity index (χ2n) is 6.14. The molecule has 1 aromatic carbocycles. The number of carbonyl (C=O) groups excluding carboxylic acids is 1. The highest BCUT2D eigenvalue weighted by atomic mass is 32.1. The zero-order valence-corrected chi connectivity index (χ0v) is 14.8. The fraction of sp³-hybridized carbons (Fsp3) is 0.389. The maximum Gasteiger partial charge on any atom is 0.314 e. The molecule has 2 amide bonds. The van der Waals surface area contributed by atoms with Crippen molar-refractivity contribution in [1.29, 1.82) is 0 Å². The molecule has 2 heterocycles. The third-order valence-electron chi connectivity index (χ3n) is 4.16. The lowest BCUT2D eigenvalue weighted by Crippen LogP contribution is -2.43. The maximum absolute atomic E-state index is 12.1. The monoisotopic (exact) mass is 345 g/mol. The van der Waals surface area contributed by atoms with Crippen LogP contribution in [-0.2, 0) is 6.42 Å². The fourth-order valence-electron chi connectivity index (χ4n) is 2.84. The lowest BCUT2D eigenvalue weighted by Gasteiger charge is -2.23. The summed E-state index contributed by atoms with van der Waals surface area (Å²) in [5.74, 6) is 0.926. The van der Waals surface area contributed by atoms with Gasteiger partial charge in [0.2, 0.25) is 0 Å². The van der Waals surface area contributed by atoms with E-state index in [1.807, 2.05) is 38.4 Å². The number of fused-ring (bicyclic) bond motifs is 1. The molecule has 6 heteroatoms. The summed E-state index contributed by atoms with van der Waals surface area (Å²) in [6.07, 6.45) is 0.849. The Morgan fingerprint density at radius 3 is 2.83 bits per heavy atom. The molecular weight excluding hydrogens is 322 g/mol. The van der Waals surface area contributed by atoms with Gasteiger partial charge >= 0.3 is 6.03 Å². The van der Waals surface area contributed by atoms with Crippen LogP contribution in [0.5, 0.6) is 5.75 Å². The molecular formula is C18H23N3O2S. The molecule has 5 nitrogen and oxygen atoms in total. The first-order valence-electron chi connectivity index (χ1n) is 8.09. The zero-order chi connectivity index (χ0) is 16.9. The Kier molecular flexibility index (Phi) is 5.37. The Hall–Kier alpha value is -2.05. The largest absolute Gasteiger partial charge is 0.488 e. The number of benzene rings is 1. The molecule has 0 fully saturated rings. The van der Waals surface area contributed by atoms with Crippen molar-refractivity contribution in [1.82, 2.24) is 15.5 Å². The summed E-state index contributed by atoms with van der Waals surface area (Å²) in [6.45, 7) is 1.08. The summed E-state index contributed by atoms with van der Waals surface area (Å²) in [6, 6.07) is 12.2. The number of carbonyl (C=O) groups is 1. The number of ether oxygens (including phenoxy) is 1. The Balaban J connectivity index is 1.43. The van der Waals surface area contributed by atoms with Crippen LogP contribution in [0.3, 0.4) is 0 Å². The van der Waals surface area contributed by atoms with E-state index < -0.39 is 0 Å². The number of amides is 2. The van der Waals surface area contributed by atoms with Crippen molar-refractivity contribution in [2.75, 3.05) is 27.2 Å². The number of nitrogens with zero attached hydrogens (tertiary/aromatic N) is 1. The fourth-order valence-corrected chi connectivity index (χ4v) is 3.77. The van der Waals surface area contributed by atoms with Crippen molar-refractivity contribution >= 4 is 17.4 Å². The second-order valence-corrected chi connectivity index (χ2v) is 7.12. The SMILES string of the molecule is CN(C)[C@@H](CNC(=O)NC[C@@H]1Cc2ccccc2O1)c1cccs1. The molecule has 2 atom stereocenters. The van der Waals surface area contributed by atoms with Crippen LogP contribution >= 0.6 is 11.3 Å². The molecule has 0 unspecified atom stereocenters. The number of urea groups is 1. The molecule has 2 aromatic rings. The van der Waals surface area contributed by atoms with Crippen LogP contribution in [0.15, 0.2) is 41.8 Å². The minimum absolute atomic E-state index is 0.00934. The summed E-state index contributed by atoms with van der Waals surface area (Å²) >= 11 is 1.70. The van der Waals surface area contributed by atoms with Crippen molar-refractivity contribution in [3.63, 3.8) is 0 Å². The predicted molar refractivity (Wildman–Crippen MR) is 96.7 cm³/mol. The van der Waals surface area contributed by atoms with Gasteiger partial charge in [-0.15, -0.1) is 11.3 Å². The van der Waals surface area contributed by atoms with Crippen LogP contribution < -0.4 is 15.4 Å². The number of likely N-dealkylation sites (N-methyl/N-ethyl adjacent to an activating group) is 1. The first-order valence-corrected chi connectivity index (χ1v) is 8.97. The van der Waals surface area contributed by atoms with Gasteiger partial charge < -0.3 is 20.3 Å². The van der Waals surface area contributed by atoms with Gasteiger partial charge in [0.1, 0.15) is 11.9 Å². The van der Waals surface area contributed by atoms with E-state index in [1.54, 1.807) is 11.3 Å². The van der Waals surface area contributed by atoms with Crippen molar-refractivity contribution in [3.8, 4) is 5.75 Å². The Labute approximate surface area is 146 Å². The molecule has 0 bridgehead atoms. The van der Waals surface area contributed by atoms with Gasteiger partial charge in [-0.05, 0) is 37.2 Å². The van der Waals surface area contributed by atoms with E-state index in [0.29, 0.717) is 13.1 Å². The number of hydrogen-bond acceptors (Lipinski definition) is 4. The van der Waals surface area contributed by atoms with E-state index in [4.69, 9.17) is 4.74 Å². The highest BCUT2D eigenvalue weighted by molar-refractivity contribution is 7.10. The maximum atomic E-state index is 12.1. The van der Waals surface area contributed by atoms with Gasteiger partial charge in [0, 0.05) is 17.8 Å². The molecule has 24 heavy (non-hydrogen) atoms. The summed E-state index contributed by atoms with van der Waals surface area (Å²) in [5, 5.41) is 7.92. The first kappa shape index (κ1) is 16.8. The molecule has 2 N–H and O–H groups in total. The average molecular weight is 345 g/mol. The molecule has 0 saturated carbocycles. The quantitative estimate of drug-likeness (QED) is 0.846. The van der Waals surface area contributed by atoms with Crippen LogP contribution in [0.4, 0.5) is 4.79 Å². The topological polar surface area (TPSA) is 53.6 Å². The van der Waals surface area contributed by atoms with Crippen molar-refractivity contribution in [2.24, 2.45) is 0 Å². The molecule has 1 aromatic heterocycles. The second kappa shape index (κ2) is 7.68. The van der Waals surface area contributed by atoms with Gasteiger partial charge in [0.05, 0.1) is 12.6 Å². The number of thiophene rings is 1. The summed E-state index contributed by atoms with van der Waals surface area (Å²) < 4.78 is 5.83. The van der Waals surface area contributed by atoms with Gasteiger partial charge in [0.15, 0.2) is 0 Å². The summed E-state index contributed by atoms with van der Waals surface area (Å²) in [7, 11) is 4.04. The zero-order valence-electron chi connectivity index (χ0n) is 14.0. The van der Waals surface area contributed by atoms with Crippen LogP contribution in [0.2, 0.25) is 0 Å². The lowest BCUT2D eigenvalue weighted by molar-refractivity contribution is 0.211. The third-order valence-corrected chi connectivity index (χ3v) is 5.13. The van der Waals surface area contributed by atoms with E-state index in [1.165, 1.54) is 10.4 Å². The van der Waals surface area contributed by atoms with E-state index in [0.717, 1.165) is 12.2 Å². The minimum Gasteiger partial charge on any atom is -0.488 e. The Morgan fingerprint density at radius 1 is 1.29 bits per heavy atom. The van der Waals surface area contributed by atoms with E-state index in [9.17, 15) is 4.79 Å². The molecule has 0 saturated heterocycles. The van der Waals surface area contributed by atoms with Crippen LogP contribution in [0.1, 0.15) is 16.5 Å². The highest BCUT2D eigenvalue weighted by Gasteiger charge is 2.23. The molecule has 128 valence electrons. The summed E-state index contributed by atoms with van der Waals surface area (Å²) in [4.78, 5) is 15.4. The van der Waals surface area contributed by atoms with E-state index >= 15 is 0 Å². The molecule has 0 radical (unpaired) electrons. The van der Waals surface area contributed by atoms with Crippen molar-refractivity contribution < 1.29 is 9.53 Å². The smallest absolute Gasteiger partial charge is 0.314 e. The standard InChI is InChI=1S/C18H23N3O2S/c1-21(2)15(17-8-5-9-24-17)12-20-18(22)19-11-14-10-13-6-3-4-7-16(13)23-14/h3-9,14-15H,10-12H2,1-2H3,(H2,19,20,22)/t14-,15-/m0/s1. The Morgan fingerprint density at radius 2 is 2.12 bits per heavy atom. The molecule has 1 aliphatic rings. The number of para-hydroxylation sites is 1. The number of nitrogens with one attached hydrogen (secondary N) is 2.